The van der Waals surface area contributed by atoms with Crippen molar-refractivity contribution < 1.29 is 4.42 Å². The van der Waals surface area contributed by atoms with E-state index in [0.717, 1.165) is 35.8 Å². The van der Waals surface area contributed by atoms with Crippen LogP contribution in [-0.2, 0) is 13.1 Å². The first-order valence-electron chi connectivity index (χ1n) is 8.38. The summed E-state index contributed by atoms with van der Waals surface area (Å²) in [6, 6.07) is 9.15. The Morgan fingerprint density at radius 2 is 2.11 bits per heavy atom. The summed E-state index contributed by atoms with van der Waals surface area (Å²) in [5, 5.41) is 3.17. The molecule has 4 rings (SSSR count). The van der Waals surface area contributed by atoms with Crippen LogP contribution in [0.25, 0.3) is 11.5 Å². The Balaban J connectivity index is 1.69. The van der Waals surface area contributed by atoms with Crippen molar-refractivity contribution in [3.63, 3.8) is 0 Å². The summed E-state index contributed by atoms with van der Waals surface area (Å²) >= 11 is 13.8. The van der Waals surface area contributed by atoms with Crippen molar-refractivity contribution in [2.75, 3.05) is 0 Å². The molecular weight excluding hydrogens is 403 g/mol. The third-order valence-electron chi connectivity index (χ3n) is 4.05. The van der Waals surface area contributed by atoms with E-state index in [1.807, 2.05) is 30.7 Å². The van der Waals surface area contributed by atoms with E-state index in [1.54, 1.807) is 35.9 Å². The Morgan fingerprint density at radius 3 is 2.85 bits per heavy atom. The summed E-state index contributed by atoms with van der Waals surface area (Å²) in [5.74, 6) is 0.817. The molecule has 0 unspecified atom stereocenters. The first-order chi connectivity index (χ1) is 13.2. The van der Waals surface area contributed by atoms with Crippen LogP contribution < -0.4 is 4.80 Å². The number of halogens is 2. The van der Waals surface area contributed by atoms with Crippen molar-refractivity contribution in [3.05, 3.63) is 75.5 Å². The van der Waals surface area contributed by atoms with Gasteiger partial charge in [0.05, 0.1) is 29.0 Å². The van der Waals surface area contributed by atoms with Gasteiger partial charge in [-0.1, -0.05) is 23.2 Å². The predicted molar refractivity (Wildman–Crippen MR) is 109 cm³/mol. The van der Waals surface area contributed by atoms with Crippen LogP contribution in [0.5, 0.6) is 0 Å². The maximum Gasteiger partial charge on any atom is 0.190 e. The molecule has 0 fully saturated rings. The number of furan rings is 1. The minimum Gasteiger partial charge on any atom is -0.463 e. The molecule has 0 amide bonds. The third-order valence-corrected chi connectivity index (χ3v) is 5.46. The quantitative estimate of drug-likeness (QED) is 0.406. The Hall–Kier alpha value is -2.28. The number of imidazole rings is 1. The molecular formula is C19H16Cl2N4OS. The van der Waals surface area contributed by atoms with E-state index in [4.69, 9.17) is 32.6 Å². The van der Waals surface area contributed by atoms with Crippen LogP contribution in [0, 0.1) is 0 Å². The maximum atomic E-state index is 6.30. The zero-order valence-electron chi connectivity index (χ0n) is 14.3. The molecule has 0 saturated carbocycles. The van der Waals surface area contributed by atoms with Gasteiger partial charge < -0.3 is 13.6 Å². The Labute approximate surface area is 170 Å². The standard InChI is InChI=1S/C19H16Cl2N4OS/c20-14-4-5-16(15(21)11-14)23-19-25(8-2-7-24-9-6-22-13-24)17(12-27-19)18-3-1-10-26-18/h1,3-6,9-13H,2,7-8H2. The molecule has 4 aromatic rings. The molecule has 3 heterocycles. The smallest absolute Gasteiger partial charge is 0.190 e. The summed E-state index contributed by atoms with van der Waals surface area (Å²) in [7, 11) is 0. The second kappa shape index (κ2) is 8.17. The van der Waals surface area contributed by atoms with Crippen molar-refractivity contribution in [3.8, 4) is 11.5 Å². The third kappa shape index (κ3) is 4.18. The number of hydrogen-bond donors (Lipinski definition) is 0. The number of aromatic nitrogens is 3. The lowest BCUT2D eigenvalue weighted by molar-refractivity contribution is 0.541. The Bertz CT molecular complexity index is 1080. The molecule has 3 aromatic heterocycles. The van der Waals surface area contributed by atoms with E-state index in [9.17, 15) is 0 Å². The van der Waals surface area contributed by atoms with E-state index < -0.39 is 0 Å². The maximum absolute atomic E-state index is 6.30. The summed E-state index contributed by atoms with van der Waals surface area (Å²) in [5.41, 5.74) is 1.69. The molecule has 8 heteroatoms. The average molecular weight is 419 g/mol. The molecule has 5 nitrogen and oxygen atoms in total. The van der Waals surface area contributed by atoms with Gasteiger partial charge in [0, 0.05) is 35.9 Å². The van der Waals surface area contributed by atoms with Crippen molar-refractivity contribution in [2.24, 2.45) is 4.99 Å². The van der Waals surface area contributed by atoms with Crippen molar-refractivity contribution >= 4 is 40.2 Å². The highest BCUT2D eigenvalue weighted by Gasteiger charge is 2.11. The molecule has 0 saturated heterocycles. The van der Waals surface area contributed by atoms with Gasteiger partial charge in [0.1, 0.15) is 0 Å². The van der Waals surface area contributed by atoms with E-state index in [-0.39, 0.29) is 0 Å². The number of nitrogens with zero attached hydrogens (tertiary/aromatic N) is 4. The van der Waals surface area contributed by atoms with E-state index in [1.165, 1.54) is 0 Å². The van der Waals surface area contributed by atoms with Crippen LogP contribution in [0.4, 0.5) is 5.69 Å². The van der Waals surface area contributed by atoms with Crippen LogP contribution in [0.3, 0.4) is 0 Å². The highest BCUT2D eigenvalue weighted by atomic mass is 35.5. The Morgan fingerprint density at radius 1 is 1.19 bits per heavy atom. The van der Waals surface area contributed by atoms with Crippen LogP contribution in [0.2, 0.25) is 10.0 Å². The lowest BCUT2D eigenvalue weighted by Gasteiger charge is -2.08. The summed E-state index contributed by atoms with van der Waals surface area (Å²) in [6.45, 7) is 1.67. The number of thiazole rings is 1. The van der Waals surface area contributed by atoms with Crippen LogP contribution in [0.15, 0.2) is 70.1 Å². The molecule has 0 aliphatic heterocycles. The predicted octanol–water partition coefficient (Wildman–Crippen LogP) is 5.64. The normalized spacial score (nSPS) is 12.0. The molecule has 27 heavy (non-hydrogen) atoms. The minimum absolute atomic E-state index is 0.528. The van der Waals surface area contributed by atoms with Gasteiger partial charge in [0.15, 0.2) is 10.6 Å². The van der Waals surface area contributed by atoms with E-state index in [0.29, 0.717) is 15.7 Å². The summed E-state index contributed by atoms with van der Waals surface area (Å²) in [4.78, 5) is 9.70. The second-order valence-corrected chi connectivity index (χ2v) is 7.57. The molecule has 0 spiro atoms. The monoisotopic (exact) mass is 418 g/mol. The van der Waals surface area contributed by atoms with Crippen molar-refractivity contribution in [2.45, 2.75) is 19.5 Å². The lowest BCUT2D eigenvalue weighted by Crippen LogP contribution is -2.17. The second-order valence-electron chi connectivity index (χ2n) is 5.89. The van der Waals surface area contributed by atoms with Gasteiger partial charge in [-0.25, -0.2) is 9.98 Å². The highest BCUT2D eigenvalue weighted by molar-refractivity contribution is 7.07. The molecule has 1 aromatic carbocycles. The fraction of sp³-hybridized carbons (Fsp3) is 0.158. The molecule has 0 radical (unpaired) electrons. The minimum atomic E-state index is 0.528. The van der Waals surface area contributed by atoms with Gasteiger partial charge in [-0.3, -0.25) is 0 Å². The van der Waals surface area contributed by atoms with Gasteiger partial charge >= 0.3 is 0 Å². The number of rotatable bonds is 6. The van der Waals surface area contributed by atoms with E-state index in [2.05, 4.69) is 19.5 Å². The summed E-state index contributed by atoms with van der Waals surface area (Å²) in [6.07, 6.45) is 8.18. The average Bonchev–Trinajstić information content (AvgIpc) is 3.40. The zero-order chi connectivity index (χ0) is 18.6. The first-order valence-corrected chi connectivity index (χ1v) is 10.0. The van der Waals surface area contributed by atoms with Gasteiger partial charge in [-0.2, -0.15) is 0 Å². The van der Waals surface area contributed by atoms with Gasteiger partial charge in [0.25, 0.3) is 0 Å². The van der Waals surface area contributed by atoms with Gasteiger partial charge in [0.2, 0.25) is 0 Å². The highest BCUT2D eigenvalue weighted by Crippen LogP contribution is 2.28. The fourth-order valence-electron chi connectivity index (χ4n) is 2.76. The molecule has 0 N–H and O–H groups in total. The number of benzene rings is 1. The largest absolute Gasteiger partial charge is 0.463 e. The van der Waals surface area contributed by atoms with Crippen LogP contribution in [0.1, 0.15) is 6.42 Å². The first kappa shape index (κ1) is 18.1. The topological polar surface area (TPSA) is 48.2 Å². The SMILES string of the molecule is Clc1ccc(N=c2scc(-c3ccco3)n2CCCn2ccnc2)c(Cl)c1. The van der Waals surface area contributed by atoms with Crippen molar-refractivity contribution in [1.29, 1.82) is 0 Å². The molecule has 0 atom stereocenters. The zero-order valence-corrected chi connectivity index (χ0v) is 16.6. The van der Waals surface area contributed by atoms with Crippen molar-refractivity contribution in [1.82, 2.24) is 14.1 Å². The molecule has 0 aliphatic carbocycles. The van der Waals surface area contributed by atoms with Gasteiger partial charge in [-0.15, -0.1) is 11.3 Å². The van der Waals surface area contributed by atoms with Gasteiger partial charge in [-0.05, 0) is 36.8 Å². The fourth-order valence-corrected chi connectivity index (χ4v) is 4.14. The Kier molecular flexibility index (Phi) is 5.48. The van der Waals surface area contributed by atoms with E-state index >= 15 is 0 Å². The lowest BCUT2D eigenvalue weighted by atomic mass is 10.3. The number of aryl methyl sites for hydroxylation is 1. The molecule has 0 aliphatic rings. The molecule has 138 valence electrons. The molecule has 0 bridgehead atoms. The van der Waals surface area contributed by atoms with Crippen LogP contribution in [-0.4, -0.2) is 14.1 Å². The van der Waals surface area contributed by atoms with Crippen LogP contribution >= 0.6 is 34.5 Å². The number of hydrogen-bond acceptors (Lipinski definition) is 4. The summed E-state index contributed by atoms with van der Waals surface area (Å²) < 4.78 is 9.82.